The van der Waals surface area contributed by atoms with Gasteiger partial charge < -0.3 is 10.5 Å². The Balaban J connectivity index is 2.06. The van der Waals surface area contributed by atoms with Crippen molar-refractivity contribution < 1.29 is 9.13 Å². The standard InChI is InChI=1S/C16H13FN2O/c1-10-5-6-11(9-13(10)17)20-15-7-8-19-16-12(15)3-2-4-14(16)18/h2-9H,18H2,1H3. The topological polar surface area (TPSA) is 48.1 Å². The number of hydrogen-bond donors (Lipinski definition) is 1. The number of pyridine rings is 1. The van der Waals surface area contributed by atoms with Crippen molar-refractivity contribution in [3.05, 3.63) is 60.0 Å². The fourth-order valence-corrected chi connectivity index (χ4v) is 2.03. The van der Waals surface area contributed by atoms with E-state index in [0.29, 0.717) is 28.3 Å². The lowest BCUT2D eigenvalue weighted by atomic mass is 10.2. The Morgan fingerprint density at radius 3 is 2.80 bits per heavy atom. The summed E-state index contributed by atoms with van der Waals surface area (Å²) in [5.41, 5.74) is 7.73. The van der Waals surface area contributed by atoms with Gasteiger partial charge in [0.2, 0.25) is 0 Å². The Morgan fingerprint density at radius 1 is 1.15 bits per heavy atom. The number of fused-ring (bicyclic) bond motifs is 1. The Kier molecular flexibility index (Phi) is 2.99. The number of aromatic nitrogens is 1. The highest BCUT2D eigenvalue weighted by Gasteiger charge is 2.07. The molecule has 4 heteroatoms. The van der Waals surface area contributed by atoms with E-state index < -0.39 is 0 Å². The summed E-state index contributed by atoms with van der Waals surface area (Å²) >= 11 is 0. The van der Waals surface area contributed by atoms with E-state index in [1.54, 1.807) is 37.4 Å². The van der Waals surface area contributed by atoms with E-state index in [1.807, 2.05) is 12.1 Å². The number of halogens is 1. The Morgan fingerprint density at radius 2 is 2.00 bits per heavy atom. The minimum absolute atomic E-state index is 0.291. The first-order chi connectivity index (χ1) is 9.65. The molecule has 3 aromatic rings. The van der Waals surface area contributed by atoms with Gasteiger partial charge in [0.25, 0.3) is 0 Å². The second-order valence-electron chi connectivity index (χ2n) is 4.57. The lowest BCUT2D eigenvalue weighted by Crippen LogP contribution is -1.92. The first-order valence-electron chi connectivity index (χ1n) is 6.22. The third kappa shape index (κ3) is 2.16. The Bertz CT molecular complexity index is 787. The van der Waals surface area contributed by atoms with Gasteiger partial charge in [0.15, 0.2) is 0 Å². The molecule has 0 radical (unpaired) electrons. The Labute approximate surface area is 115 Å². The number of benzene rings is 2. The lowest BCUT2D eigenvalue weighted by molar-refractivity contribution is 0.481. The number of anilines is 1. The van der Waals surface area contributed by atoms with Crippen LogP contribution in [0.15, 0.2) is 48.7 Å². The van der Waals surface area contributed by atoms with Gasteiger partial charge in [-0.2, -0.15) is 0 Å². The van der Waals surface area contributed by atoms with Crippen LogP contribution in [0, 0.1) is 12.7 Å². The maximum Gasteiger partial charge on any atom is 0.138 e. The normalized spacial score (nSPS) is 10.7. The molecule has 20 heavy (non-hydrogen) atoms. The minimum atomic E-state index is -0.291. The van der Waals surface area contributed by atoms with Crippen molar-refractivity contribution in [2.75, 3.05) is 5.73 Å². The van der Waals surface area contributed by atoms with Crippen LogP contribution in [0.3, 0.4) is 0 Å². The largest absolute Gasteiger partial charge is 0.456 e. The molecule has 3 nitrogen and oxygen atoms in total. The van der Waals surface area contributed by atoms with Crippen LogP contribution in [0.4, 0.5) is 10.1 Å². The molecule has 0 atom stereocenters. The zero-order valence-corrected chi connectivity index (χ0v) is 10.9. The molecule has 0 aliphatic carbocycles. The molecule has 0 spiro atoms. The van der Waals surface area contributed by atoms with Crippen molar-refractivity contribution in [3.63, 3.8) is 0 Å². The molecule has 0 aliphatic rings. The number of rotatable bonds is 2. The highest BCUT2D eigenvalue weighted by atomic mass is 19.1. The predicted molar refractivity (Wildman–Crippen MR) is 77.4 cm³/mol. The number of nitrogen functional groups attached to an aromatic ring is 1. The van der Waals surface area contributed by atoms with Crippen molar-refractivity contribution in [2.24, 2.45) is 0 Å². The first-order valence-corrected chi connectivity index (χ1v) is 6.22. The second kappa shape index (κ2) is 4.81. The molecule has 2 aromatic carbocycles. The molecule has 0 bridgehead atoms. The summed E-state index contributed by atoms with van der Waals surface area (Å²) in [4.78, 5) is 4.24. The van der Waals surface area contributed by atoms with Gasteiger partial charge in [0.05, 0.1) is 11.2 Å². The molecular weight excluding hydrogens is 255 g/mol. The molecule has 1 heterocycles. The summed E-state index contributed by atoms with van der Waals surface area (Å²) in [7, 11) is 0. The van der Waals surface area contributed by atoms with Gasteiger partial charge in [-0.25, -0.2) is 4.39 Å². The molecule has 1 aromatic heterocycles. The monoisotopic (exact) mass is 268 g/mol. The van der Waals surface area contributed by atoms with Gasteiger partial charge in [0, 0.05) is 17.6 Å². The van der Waals surface area contributed by atoms with E-state index in [-0.39, 0.29) is 5.82 Å². The van der Waals surface area contributed by atoms with Gasteiger partial charge in [-0.1, -0.05) is 12.1 Å². The maximum absolute atomic E-state index is 13.5. The van der Waals surface area contributed by atoms with Gasteiger partial charge in [-0.05, 0) is 36.8 Å². The number of nitrogens with zero attached hydrogens (tertiary/aromatic N) is 1. The fraction of sp³-hybridized carbons (Fsp3) is 0.0625. The molecule has 0 unspecified atom stereocenters. The summed E-state index contributed by atoms with van der Waals surface area (Å²) in [5.74, 6) is 0.758. The molecule has 0 saturated carbocycles. The quantitative estimate of drug-likeness (QED) is 0.713. The number of ether oxygens (including phenoxy) is 1. The summed E-state index contributed by atoms with van der Waals surface area (Å²) in [6.45, 7) is 1.71. The molecule has 0 fully saturated rings. The molecular formula is C16H13FN2O. The van der Waals surface area contributed by atoms with Crippen molar-refractivity contribution in [1.29, 1.82) is 0 Å². The van der Waals surface area contributed by atoms with Gasteiger partial charge in [-0.3, -0.25) is 4.98 Å². The molecule has 0 amide bonds. The van der Waals surface area contributed by atoms with Gasteiger partial charge in [0.1, 0.15) is 17.3 Å². The Hall–Kier alpha value is -2.62. The first kappa shape index (κ1) is 12.4. The van der Waals surface area contributed by atoms with E-state index in [2.05, 4.69) is 4.98 Å². The predicted octanol–water partition coefficient (Wildman–Crippen LogP) is 4.06. The van der Waals surface area contributed by atoms with Crippen LogP contribution >= 0.6 is 0 Å². The SMILES string of the molecule is Cc1ccc(Oc2ccnc3c(N)cccc23)cc1F. The van der Waals surface area contributed by atoms with Crippen LogP contribution in [0.25, 0.3) is 10.9 Å². The fourth-order valence-electron chi connectivity index (χ4n) is 2.03. The van der Waals surface area contributed by atoms with E-state index in [0.717, 1.165) is 5.39 Å². The summed E-state index contributed by atoms with van der Waals surface area (Å²) in [5, 5.41) is 0.800. The van der Waals surface area contributed by atoms with E-state index in [1.165, 1.54) is 6.07 Å². The maximum atomic E-state index is 13.5. The van der Waals surface area contributed by atoms with E-state index in [9.17, 15) is 4.39 Å². The highest BCUT2D eigenvalue weighted by Crippen LogP contribution is 2.31. The van der Waals surface area contributed by atoms with Crippen molar-refractivity contribution >= 4 is 16.6 Å². The summed E-state index contributed by atoms with van der Waals surface area (Å²) < 4.78 is 19.3. The average molecular weight is 268 g/mol. The highest BCUT2D eigenvalue weighted by molar-refractivity contribution is 5.93. The van der Waals surface area contributed by atoms with Crippen molar-refractivity contribution in [2.45, 2.75) is 6.92 Å². The van der Waals surface area contributed by atoms with Crippen molar-refractivity contribution in [3.8, 4) is 11.5 Å². The number of para-hydroxylation sites is 1. The summed E-state index contributed by atoms with van der Waals surface area (Å²) in [6.07, 6.45) is 1.62. The summed E-state index contributed by atoms with van der Waals surface area (Å²) in [6, 6.07) is 12.0. The van der Waals surface area contributed by atoms with Crippen LogP contribution in [-0.4, -0.2) is 4.98 Å². The number of nitrogens with two attached hydrogens (primary N) is 1. The third-order valence-corrected chi connectivity index (χ3v) is 3.13. The molecule has 0 saturated heterocycles. The van der Waals surface area contributed by atoms with Crippen LogP contribution in [0.2, 0.25) is 0 Å². The lowest BCUT2D eigenvalue weighted by Gasteiger charge is -2.10. The molecule has 100 valence electrons. The van der Waals surface area contributed by atoms with E-state index >= 15 is 0 Å². The average Bonchev–Trinajstić information content (AvgIpc) is 2.44. The second-order valence-corrected chi connectivity index (χ2v) is 4.57. The molecule has 0 aliphatic heterocycles. The van der Waals surface area contributed by atoms with Gasteiger partial charge in [-0.15, -0.1) is 0 Å². The number of aryl methyl sites for hydroxylation is 1. The van der Waals surface area contributed by atoms with E-state index in [4.69, 9.17) is 10.5 Å². The van der Waals surface area contributed by atoms with Crippen LogP contribution in [0.1, 0.15) is 5.56 Å². The van der Waals surface area contributed by atoms with Crippen LogP contribution in [-0.2, 0) is 0 Å². The zero-order chi connectivity index (χ0) is 14.1. The minimum Gasteiger partial charge on any atom is -0.456 e. The third-order valence-electron chi connectivity index (χ3n) is 3.13. The smallest absolute Gasteiger partial charge is 0.138 e. The van der Waals surface area contributed by atoms with Gasteiger partial charge >= 0.3 is 0 Å². The van der Waals surface area contributed by atoms with Crippen LogP contribution < -0.4 is 10.5 Å². The number of hydrogen-bond acceptors (Lipinski definition) is 3. The van der Waals surface area contributed by atoms with Crippen molar-refractivity contribution in [1.82, 2.24) is 4.98 Å². The zero-order valence-electron chi connectivity index (χ0n) is 10.9. The van der Waals surface area contributed by atoms with Crippen LogP contribution in [0.5, 0.6) is 11.5 Å². The molecule has 2 N–H and O–H groups in total. The molecule has 3 rings (SSSR count).